The average Bonchev–Trinajstić information content (AvgIpc) is 2.71. The van der Waals surface area contributed by atoms with Crippen LogP contribution in [0.4, 0.5) is 5.69 Å². The van der Waals surface area contributed by atoms with E-state index in [0.29, 0.717) is 6.54 Å². The van der Waals surface area contributed by atoms with E-state index >= 15 is 0 Å². The van der Waals surface area contributed by atoms with E-state index in [2.05, 4.69) is 46.4 Å². The van der Waals surface area contributed by atoms with Crippen LogP contribution < -0.4 is 5.32 Å². The maximum absolute atomic E-state index is 12.5. The first-order chi connectivity index (χ1) is 14.0. The van der Waals surface area contributed by atoms with E-state index in [-0.39, 0.29) is 11.7 Å². The Balaban J connectivity index is 1.43. The van der Waals surface area contributed by atoms with Gasteiger partial charge in [-0.2, -0.15) is 0 Å². The Hall–Kier alpha value is -2.50. The van der Waals surface area contributed by atoms with Crippen molar-refractivity contribution >= 4 is 17.4 Å². The van der Waals surface area contributed by atoms with Crippen LogP contribution in [0.1, 0.15) is 34.8 Å². The van der Waals surface area contributed by atoms with Crippen LogP contribution in [0.5, 0.6) is 0 Å². The molecule has 5 nitrogen and oxygen atoms in total. The highest BCUT2D eigenvalue weighted by molar-refractivity contribution is 5.97. The first kappa shape index (κ1) is 21.2. The molecule has 2 aromatic rings. The molecule has 1 saturated heterocycles. The summed E-state index contributed by atoms with van der Waals surface area (Å²) >= 11 is 0. The van der Waals surface area contributed by atoms with E-state index in [4.69, 9.17) is 0 Å². The molecule has 1 heterocycles. The lowest BCUT2D eigenvalue weighted by molar-refractivity contribution is -0.114. The van der Waals surface area contributed by atoms with Gasteiger partial charge in [0.05, 0.1) is 6.54 Å². The summed E-state index contributed by atoms with van der Waals surface area (Å²) in [5.74, 6) is 0.156. The highest BCUT2D eigenvalue weighted by Gasteiger charge is 2.17. The number of piperazine rings is 1. The number of carbonyl (C=O) groups excluding carboxylic acids is 2. The molecular formula is C24H31N3O2. The second-order valence-corrected chi connectivity index (χ2v) is 7.93. The standard InChI is InChI=1S/C24H31N3O2/c1-19(28)25-23-12-8-21(9-13-23)5-3-4-20-6-10-22(11-7-20)24(29)18-27-16-14-26(2)15-17-27/h6-13H,3-5,14-18H2,1-2H3,(H,25,28). The zero-order valence-electron chi connectivity index (χ0n) is 17.5. The summed E-state index contributed by atoms with van der Waals surface area (Å²) in [6, 6.07) is 16.1. The van der Waals surface area contributed by atoms with Crippen molar-refractivity contribution in [3.63, 3.8) is 0 Å². The second-order valence-electron chi connectivity index (χ2n) is 7.93. The maximum atomic E-state index is 12.5. The molecule has 0 aromatic heterocycles. The third kappa shape index (κ3) is 6.80. The summed E-state index contributed by atoms with van der Waals surface area (Å²) < 4.78 is 0. The van der Waals surface area contributed by atoms with Crippen molar-refractivity contribution < 1.29 is 9.59 Å². The number of rotatable bonds is 8. The minimum absolute atomic E-state index is 0.0526. The summed E-state index contributed by atoms with van der Waals surface area (Å²) in [5, 5.41) is 2.78. The number of aryl methyl sites for hydroxylation is 2. The van der Waals surface area contributed by atoms with Crippen LogP contribution >= 0.6 is 0 Å². The molecule has 0 radical (unpaired) electrons. The Kier molecular flexibility index (Phi) is 7.55. The van der Waals surface area contributed by atoms with E-state index in [0.717, 1.165) is 56.7 Å². The number of nitrogens with zero attached hydrogens (tertiary/aromatic N) is 2. The minimum atomic E-state index is -0.0526. The van der Waals surface area contributed by atoms with Crippen molar-refractivity contribution in [1.29, 1.82) is 0 Å². The van der Waals surface area contributed by atoms with Gasteiger partial charge in [0.2, 0.25) is 5.91 Å². The van der Waals surface area contributed by atoms with Crippen molar-refractivity contribution in [2.24, 2.45) is 0 Å². The molecule has 0 bridgehead atoms. The Morgan fingerprint density at radius 2 is 1.41 bits per heavy atom. The first-order valence-corrected chi connectivity index (χ1v) is 10.4. The fraction of sp³-hybridized carbons (Fsp3) is 0.417. The van der Waals surface area contributed by atoms with Gasteiger partial charge in [-0.15, -0.1) is 0 Å². The molecule has 0 spiro atoms. The van der Waals surface area contributed by atoms with E-state index < -0.39 is 0 Å². The third-order valence-electron chi connectivity index (χ3n) is 5.44. The van der Waals surface area contributed by atoms with Crippen LogP contribution in [0.2, 0.25) is 0 Å². The first-order valence-electron chi connectivity index (χ1n) is 10.4. The summed E-state index contributed by atoms with van der Waals surface area (Å²) in [6.45, 7) is 6.02. The quantitative estimate of drug-likeness (QED) is 0.700. The number of amides is 1. The van der Waals surface area contributed by atoms with Crippen molar-refractivity contribution in [1.82, 2.24) is 9.80 Å². The highest BCUT2D eigenvalue weighted by Crippen LogP contribution is 2.14. The zero-order chi connectivity index (χ0) is 20.6. The summed E-state index contributed by atoms with van der Waals surface area (Å²) in [6.07, 6.45) is 3.03. The van der Waals surface area contributed by atoms with Crippen LogP contribution in [0.15, 0.2) is 48.5 Å². The second kappa shape index (κ2) is 10.3. The predicted molar refractivity (Wildman–Crippen MR) is 117 cm³/mol. The van der Waals surface area contributed by atoms with Gasteiger partial charge in [0.15, 0.2) is 5.78 Å². The number of carbonyl (C=O) groups is 2. The van der Waals surface area contributed by atoms with E-state index in [1.807, 2.05) is 24.3 Å². The van der Waals surface area contributed by atoms with E-state index in [1.54, 1.807) is 0 Å². The predicted octanol–water partition coefficient (Wildman–Crippen LogP) is 3.25. The third-order valence-corrected chi connectivity index (χ3v) is 5.44. The molecule has 1 amide bonds. The topological polar surface area (TPSA) is 52.7 Å². The van der Waals surface area contributed by atoms with Gasteiger partial charge in [-0.25, -0.2) is 0 Å². The Bertz CT molecular complexity index is 807. The molecule has 0 atom stereocenters. The number of likely N-dealkylation sites (N-methyl/N-ethyl adjacent to an activating group) is 1. The Morgan fingerprint density at radius 3 is 1.97 bits per heavy atom. The molecule has 5 heteroatoms. The molecule has 154 valence electrons. The molecule has 0 aliphatic carbocycles. The molecule has 2 aromatic carbocycles. The summed E-state index contributed by atoms with van der Waals surface area (Å²) in [4.78, 5) is 28.1. The Labute approximate surface area is 173 Å². The maximum Gasteiger partial charge on any atom is 0.221 e. The SMILES string of the molecule is CC(=O)Nc1ccc(CCCc2ccc(C(=O)CN3CCN(C)CC3)cc2)cc1. The molecule has 1 N–H and O–H groups in total. The molecule has 29 heavy (non-hydrogen) atoms. The Morgan fingerprint density at radius 1 is 0.862 bits per heavy atom. The van der Waals surface area contributed by atoms with Crippen molar-refractivity contribution in [2.75, 3.05) is 45.1 Å². The van der Waals surface area contributed by atoms with Crippen LogP contribution in [0, 0.1) is 0 Å². The summed E-state index contributed by atoms with van der Waals surface area (Å²) in [7, 11) is 2.12. The van der Waals surface area contributed by atoms with Crippen molar-refractivity contribution in [3.8, 4) is 0 Å². The fourth-order valence-electron chi connectivity index (χ4n) is 3.61. The lowest BCUT2D eigenvalue weighted by atomic mass is 10.0. The van der Waals surface area contributed by atoms with Gasteiger partial charge in [0.25, 0.3) is 0 Å². The molecule has 1 fully saturated rings. The average molecular weight is 394 g/mol. The lowest BCUT2D eigenvalue weighted by Gasteiger charge is -2.31. The number of ketones is 1. The molecule has 1 aliphatic heterocycles. The van der Waals surface area contributed by atoms with Crippen LogP contribution in [-0.2, 0) is 17.6 Å². The van der Waals surface area contributed by atoms with Crippen LogP contribution in [-0.4, -0.2) is 61.3 Å². The smallest absolute Gasteiger partial charge is 0.221 e. The molecular weight excluding hydrogens is 362 g/mol. The van der Waals surface area contributed by atoms with Gasteiger partial charge in [-0.1, -0.05) is 36.4 Å². The monoisotopic (exact) mass is 393 g/mol. The number of hydrogen-bond acceptors (Lipinski definition) is 4. The molecule has 0 saturated carbocycles. The number of Topliss-reactive ketones (excluding diaryl/α,β-unsaturated/α-hetero) is 1. The van der Waals surface area contributed by atoms with Gasteiger partial charge in [-0.3, -0.25) is 14.5 Å². The number of anilines is 1. The normalized spacial score (nSPS) is 15.2. The van der Waals surface area contributed by atoms with Gasteiger partial charge in [-0.05, 0) is 49.6 Å². The molecule has 0 unspecified atom stereocenters. The van der Waals surface area contributed by atoms with E-state index in [1.165, 1.54) is 18.1 Å². The lowest BCUT2D eigenvalue weighted by Crippen LogP contribution is -2.46. The van der Waals surface area contributed by atoms with Gasteiger partial charge in [0.1, 0.15) is 0 Å². The molecule has 3 rings (SSSR count). The number of nitrogens with one attached hydrogen (secondary N) is 1. The van der Waals surface area contributed by atoms with Crippen LogP contribution in [0.3, 0.4) is 0 Å². The van der Waals surface area contributed by atoms with Crippen LogP contribution in [0.25, 0.3) is 0 Å². The van der Waals surface area contributed by atoms with E-state index in [9.17, 15) is 9.59 Å². The largest absolute Gasteiger partial charge is 0.326 e. The highest BCUT2D eigenvalue weighted by atomic mass is 16.1. The summed E-state index contributed by atoms with van der Waals surface area (Å²) in [5.41, 5.74) is 4.16. The van der Waals surface area contributed by atoms with Gasteiger partial charge < -0.3 is 10.2 Å². The number of benzene rings is 2. The zero-order valence-corrected chi connectivity index (χ0v) is 17.5. The molecule has 1 aliphatic rings. The van der Waals surface area contributed by atoms with Gasteiger partial charge >= 0.3 is 0 Å². The number of hydrogen-bond donors (Lipinski definition) is 1. The van der Waals surface area contributed by atoms with Crippen molar-refractivity contribution in [3.05, 3.63) is 65.2 Å². The van der Waals surface area contributed by atoms with Crippen molar-refractivity contribution in [2.45, 2.75) is 26.2 Å². The minimum Gasteiger partial charge on any atom is -0.326 e. The fourth-order valence-corrected chi connectivity index (χ4v) is 3.61. The van der Waals surface area contributed by atoms with Gasteiger partial charge in [0, 0.05) is 44.4 Å².